The van der Waals surface area contributed by atoms with Crippen LogP contribution in [0.4, 0.5) is 0 Å². The van der Waals surface area contributed by atoms with Crippen LogP contribution in [-0.2, 0) is 0 Å². The molecule has 0 unspecified atom stereocenters. The summed E-state index contributed by atoms with van der Waals surface area (Å²) >= 11 is 0. The molecular weight excluding hydrogens is 364 g/mol. The summed E-state index contributed by atoms with van der Waals surface area (Å²) in [5.74, 6) is 0. The van der Waals surface area contributed by atoms with Crippen molar-refractivity contribution in [1.82, 2.24) is 0 Å². The van der Waals surface area contributed by atoms with Gasteiger partial charge in [0.25, 0.3) is 0 Å². The van der Waals surface area contributed by atoms with Crippen molar-refractivity contribution in [1.29, 1.82) is 0 Å². The van der Waals surface area contributed by atoms with E-state index in [-0.39, 0.29) is 0 Å². The Balaban J connectivity index is 1.77. The van der Waals surface area contributed by atoms with Gasteiger partial charge in [-0.25, -0.2) is 0 Å². The van der Waals surface area contributed by atoms with Gasteiger partial charge in [-0.15, -0.1) is 0 Å². The summed E-state index contributed by atoms with van der Waals surface area (Å²) < 4.78 is 0. The molecule has 0 aliphatic rings. The maximum absolute atomic E-state index is 5.49. The van der Waals surface area contributed by atoms with E-state index >= 15 is 0 Å². The quantitative estimate of drug-likeness (QED) is 0.310. The van der Waals surface area contributed by atoms with E-state index in [0.29, 0.717) is 0 Å². The van der Waals surface area contributed by atoms with Crippen LogP contribution in [0.2, 0.25) is 0 Å². The highest BCUT2D eigenvalue weighted by Gasteiger charge is 2.05. The molecule has 4 aromatic rings. The smallest absolute Gasteiger partial charge is 0.0399 e. The lowest BCUT2D eigenvalue weighted by molar-refractivity contribution is 1.75. The van der Waals surface area contributed by atoms with E-state index in [4.69, 9.17) is 4.86 Å². The zero-order chi connectivity index (χ0) is 18.3. The van der Waals surface area contributed by atoms with Crippen LogP contribution in [0.1, 0.15) is 0 Å². The number of hydrogen-bond acceptors (Lipinski definition) is 0. The molecule has 0 fully saturated rings. The molecule has 136 valence electrons. The Kier molecular flexibility index (Phi) is 6.07. The van der Waals surface area contributed by atoms with Crippen molar-refractivity contribution in [2.75, 3.05) is 0 Å². The molecule has 0 saturated carbocycles. The minimum atomic E-state index is -0.784. The van der Waals surface area contributed by atoms with E-state index in [9.17, 15) is 0 Å². The van der Waals surface area contributed by atoms with Crippen LogP contribution in [-0.4, -0.2) is 0 Å². The topological polar surface area (TPSA) is 14.1 Å². The van der Waals surface area contributed by atoms with Crippen molar-refractivity contribution in [3.63, 3.8) is 0 Å². The summed E-state index contributed by atoms with van der Waals surface area (Å²) in [6, 6.07) is 42.7. The van der Waals surface area contributed by atoms with Crippen LogP contribution >= 0.6 is 16.1 Å². The molecule has 0 N–H and O–H groups in total. The molecule has 0 spiro atoms. The number of nitrogens with zero attached hydrogens (tertiary/aromatic N) is 1. The maximum atomic E-state index is 5.49. The molecule has 4 rings (SSSR count). The predicted octanol–water partition coefficient (Wildman–Crippen LogP) is 5.46. The molecule has 0 atom stereocenters. The molecule has 1 nitrogen and oxygen atoms in total. The van der Waals surface area contributed by atoms with Crippen LogP contribution in [0.3, 0.4) is 0 Å². The Morgan fingerprint density at radius 3 is 1.67 bits per heavy atom. The molecule has 0 heterocycles. The average Bonchev–Trinajstić information content (AvgIpc) is 2.77. The number of hydrogen-bond donors (Lipinski definition) is 0. The van der Waals surface area contributed by atoms with Gasteiger partial charge in [-0.05, 0) is 10.6 Å². The Bertz CT molecular complexity index is 785. The van der Waals surface area contributed by atoms with Gasteiger partial charge < -0.3 is 48.6 Å². The molecule has 4 aromatic carbocycles. The van der Waals surface area contributed by atoms with Crippen molar-refractivity contribution < 1.29 is 0 Å². The normalized spacial score (nSPS) is 12.0. The maximum Gasteiger partial charge on any atom is -0.0399 e. The summed E-state index contributed by atoms with van der Waals surface area (Å²) in [4.78, 5) is 5.49. The minimum Gasteiger partial charge on any atom is -0.617 e. The Hall–Kier alpha value is -2.30. The molecule has 3 heteroatoms. The average molecular weight is 384 g/mol. The molecule has 0 radical (unpaired) electrons. The summed E-state index contributed by atoms with van der Waals surface area (Å²) in [5, 5.41) is 5.16. The van der Waals surface area contributed by atoms with Crippen molar-refractivity contribution >= 4 is 37.4 Å². The predicted molar refractivity (Wildman–Crippen MR) is 122 cm³/mol. The fourth-order valence-electron chi connectivity index (χ4n) is 2.87. The zero-order valence-corrected chi connectivity index (χ0v) is 16.7. The van der Waals surface area contributed by atoms with Crippen LogP contribution in [0.25, 0.3) is 4.86 Å². The SMILES string of the molecule is c1ccc(P([N-]P(c2ccccc2)[c-]2cc[cH-][cH-][cH-]2)c2ccccc2)cc1. The highest BCUT2D eigenvalue weighted by Crippen LogP contribution is 2.57. The van der Waals surface area contributed by atoms with Crippen LogP contribution in [0, 0.1) is 0 Å². The lowest BCUT2D eigenvalue weighted by Gasteiger charge is -2.54. The lowest BCUT2D eigenvalue weighted by atomic mass is 10.4. The molecule has 0 aliphatic carbocycles. The van der Waals surface area contributed by atoms with E-state index < -0.39 is 16.1 Å². The van der Waals surface area contributed by atoms with Gasteiger partial charge in [-0.3, -0.25) is 0 Å². The molecular formula is C24H20NP2-5. The lowest BCUT2D eigenvalue weighted by Crippen LogP contribution is -2.15. The summed E-state index contributed by atoms with van der Waals surface area (Å²) in [5.41, 5.74) is 0. The van der Waals surface area contributed by atoms with Crippen molar-refractivity contribution in [2.24, 2.45) is 0 Å². The first kappa shape index (κ1) is 18.1. The Morgan fingerprint density at radius 1 is 0.667 bits per heavy atom. The van der Waals surface area contributed by atoms with Gasteiger partial charge in [0.2, 0.25) is 0 Å². The van der Waals surface area contributed by atoms with Gasteiger partial charge in [0.05, 0.1) is 0 Å². The van der Waals surface area contributed by atoms with Gasteiger partial charge >= 0.3 is 0 Å². The highest BCUT2D eigenvalue weighted by atomic mass is 31.2. The second-order valence-corrected chi connectivity index (χ2v) is 10.1. The van der Waals surface area contributed by atoms with E-state index in [0.717, 1.165) is 0 Å². The number of rotatable bonds is 6. The van der Waals surface area contributed by atoms with Crippen LogP contribution in [0.15, 0.2) is 121 Å². The van der Waals surface area contributed by atoms with Crippen LogP contribution < -0.4 is 21.2 Å². The highest BCUT2D eigenvalue weighted by molar-refractivity contribution is 7.92. The molecule has 0 amide bonds. The Labute approximate surface area is 163 Å². The largest absolute Gasteiger partial charge is 0.617 e. The minimum absolute atomic E-state index is 0.784. The first-order chi connectivity index (χ1) is 13.4. The van der Waals surface area contributed by atoms with Crippen LogP contribution in [0.5, 0.6) is 0 Å². The fourth-order valence-corrected chi connectivity index (χ4v) is 7.65. The fraction of sp³-hybridized carbons (Fsp3) is 0. The van der Waals surface area contributed by atoms with E-state index in [1.807, 2.05) is 0 Å². The second-order valence-electron chi connectivity index (χ2n) is 6.06. The van der Waals surface area contributed by atoms with Gasteiger partial charge in [-0.2, -0.15) is 8.07 Å². The van der Waals surface area contributed by atoms with Gasteiger partial charge in [-0.1, -0.05) is 96.3 Å². The zero-order valence-electron chi connectivity index (χ0n) is 14.9. The van der Waals surface area contributed by atoms with Gasteiger partial charge in [0, 0.05) is 0 Å². The van der Waals surface area contributed by atoms with E-state index in [1.165, 1.54) is 21.2 Å². The van der Waals surface area contributed by atoms with Crippen molar-refractivity contribution in [3.05, 3.63) is 126 Å². The van der Waals surface area contributed by atoms with Gasteiger partial charge in [0.1, 0.15) is 0 Å². The van der Waals surface area contributed by atoms with E-state index in [1.54, 1.807) is 0 Å². The monoisotopic (exact) mass is 384 g/mol. The third kappa shape index (κ3) is 4.52. The second kappa shape index (κ2) is 9.07. The molecule has 0 saturated heterocycles. The van der Waals surface area contributed by atoms with Crippen molar-refractivity contribution in [3.8, 4) is 0 Å². The van der Waals surface area contributed by atoms with Gasteiger partial charge in [0.15, 0.2) is 0 Å². The summed E-state index contributed by atoms with van der Waals surface area (Å²) in [6.07, 6.45) is 0. The standard InChI is InChI=1S/C24H20NP2/c1-5-13-21(14-6-1)26(22-15-7-2-8-16-22)25-27(23-17-9-3-10-18-23)24-19-11-4-12-20-24/h1-20H/q-5. The first-order valence-electron chi connectivity index (χ1n) is 8.94. The van der Waals surface area contributed by atoms with Crippen molar-refractivity contribution in [2.45, 2.75) is 0 Å². The summed E-state index contributed by atoms with van der Waals surface area (Å²) in [7, 11) is -1.57. The third-order valence-corrected chi connectivity index (χ3v) is 8.76. The molecule has 0 bridgehead atoms. The molecule has 27 heavy (non-hydrogen) atoms. The third-order valence-electron chi connectivity index (χ3n) is 4.18. The summed E-state index contributed by atoms with van der Waals surface area (Å²) in [6.45, 7) is 0. The Morgan fingerprint density at radius 2 is 1.19 bits per heavy atom. The first-order valence-corrected chi connectivity index (χ1v) is 11.5. The molecule has 0 aliphatic heterocycles. The molecule has 0 aromatic heterocycles. The van der Waals surface area contributed by atoms with E-state index in [2.05, 4.69) is 121 Å². The number of benzene rings is 4.